The van der Waals surface area contributed by atoms with E-state index < -0.39 is 0 Å². The lowest BCUT2D eigenvalue weighted by Gasteiger charge is -2.12. The van der Waals surface area contributed by atoms with E-state index in [1.165, 1.54) is 21.5 Å². The average Bonchev–Trinajstić information content (AvgIpc) is 3.71. The van der Waals surface area contributed by atoms with Gasteiger partial charge in [0.2, 0.25) is 0 Å². The fraction of sp³-hybridized carbons (Fsp3) is 0. The minimum Gasteiger partial charge on any atom is -0.455 e. The van der Waals surface area contributed by atoms with Gasteiger partial charge in [-0.2, -0.15) is 0 Å². The van der Waals surface area contributed by atoms with Crippen molar-refractivity contribution >= 4 is 87.1 Å². The predicted molar refractivity (Wildman–Crippen MR) is 200 cm³/mol. The Hall–Kier alpha value is -6.45. The summed E-state index contributed by atoms with van der Waals surface area (Å²) in [7, 11) is 0. The maximum atomic E-state index is 6.78. The lowest BCUT2D eigenvalue weighted by Crippen LogP contribution is -1.91. The molecule has 8 aromatic carbocycles. The lowest BCUT2D eigenvalue weighted by molar-refractivity contribution is 0.671. The molecule has 0 aliphatic rings. The van der Waals surface area contributed by atoms with E-state index in [9.17, 15) is 0 Å². The van der Waals surface area contributed by atoms with Gasteiger partial charge in [0.15, 0.2) is 0 Å². The first-order chi connectivity index (χ1) is 23.8. The first kappa shape index (κ1) is 25.7. The summed E-state index contributed by atoms with van der Waals surface area (Å²) in [4.78, 5) is 5.28. The summed E-state index contributed by atoms with van der Waals surface area (Å²) in [6.07, 6.45) is 0. The first-order valence-corrected chi connectivity index (χ1v) is 16.3. The molecule has 3 nitrogen and oxygen atoms in total. The molecule has 3 heterocycles. The van der Waals surface area contributed by atoms with Gasteiger partial charge in [0.1, 0.15) is 22.3 Å². The topological polar surface area (TPSA) is 39.2 Å². The molecule has 0 fully saturated rings. The largest absolute Gasteiger partial charge is 0.455 e. The third-order valence-corrected chi connectivity index (χ3v) is 9.99. The van der Waals surface area contributed by atoms with Crippen LogP contribution in [0.15, 0.2) is 160 Å². The first-order valence-electron chi connectivity index (χ1n) is 16.3. The number of aromatic nitrogens is 1. The molecule has 0 N–H and O–H groups in total. The molecule has 3 aromatic heterocycles. The fourth-order valence-electron chi connectivity index (χ4n) is 7.80. The van der Waals surface area contributed by atoms with E-state index in [0.29, 0.717) is 0 Å². The molecule has 0 atom stereocenters. The third kappa shape index (κ3) is 3.56. The molecule has 0 aliphatic carbocycles. The average molecular weight is 612 g/mol. The van der Waals surface area contributed by atoms with Crippen LogP contribution in [0.5, 0.6) is 0 Å². The molecule has 222 valence electrons. The number of rotatable bonds is 2. The minimum absolute atomic E-state index is 0.892. The highest BCUT2D eigenvalue weighted by molar-refractivity contribution is 6.26. The summed E-state index contributed by atoms with van der Waals surface area (Å²) < 4.78 is 13.3. The fourth-order valence-corrected chi connectivity index (χ4v) is 7.80. The van der Waals surface area contributed by atoms with E-state index in [4.69, 9.17) is 13.8 Å². The number of hydrogen-bond donors (Lipinski definition) is 0. The van der Waals surface area contributed by atoms with Gasteiger partial charge >= 0.3 is 0 Å². The summed E-state index contributed by atoms with van der Waals surface area (Å²) >= 11 is 0. The van der Waals surface area contributed by atoms with Gasteiger partial charge in [-0.15, -0.1) is 0 Å². The van der Waals surface area contributed by atoms with Crippen molar-refractivity contribution in [3.8, 4) is 22.4 Å². The highest BCUT2D eigenvalue weighted by Gasteiger charge is 2.20. The Morgan fingerprint density at radius 1 is 0.375 bits per heavy atom. The Balaban J connectivity index is 1.20. The lowest BCUT2D eigenvalue weighted by atomic mass is 9.93. The summed E-state index contributed by atoms with van der Waals surface area (Å²) in [5.74, 6) is 0. The highest BCUT2D eigenvalue weighted by Crippen LogP contribution is 2.44. The van der Waals surface area contributed by atoms with Crippen LogP contribution in [0.3, 0.4) is 0 Å². The van der Waals surface area contributed by atoms with Gasteiger partial charge in [-0.1, -0.05) is 109 Å². The number of fused-ring (bicyclic) bond motifs is 13. The van der Waals surface area contributed by atoms with E-state index in [1.807, 2.05) is 12.1 Å². The van der Waals surface area contributed by atoms with Gasteiger partial charge in [0.05, 0.1) is 11.2 Å². The predicted octanol–water partition coefficient (Wildman–Crippen LogP) is 12.8. The van der Waals surface area contributed by atoms with Crippen LogP contribution in [-0.2, 0) is 0 Å². The quantitative estimate of drug-likeness (QED) is 0.183. The number of benzene rings is 8. The van der Waals surface area contributed by atoms with Crippen molar-refractivity contribution in [2.45, 2.75) is 0 Å². The summed E-state index contributed by atoms with van der Waals surface area (Å²) in [5.41, 5.74) is 8.65. The van der Waals surface area contributed by atoms with Crippen molar-refractivity contribution in [1.82, 2.24) is 4.98 Å². The number of hydrogen-bond acceptors (Lipinski definition) is 3. The molecule has 11 rings (SSSR count). The van der Waals surface area contributed by atoms with Crippen molar-refractivity contribution in [2.24, 2.45) is 0 Å². The molecular formula is C45H25NO2. The standard InChI is InChI=1S/C45H25NO2/c1-2-11-27-25-40-37(23-26(27)10-1)41-31-15-4-3-12-29(31)24-36(45(41)48-40)28-13-9-14-30(22-28)43-35-21-20-33-32-16-6-8-19-39(32)47-44(33)42(35)34-17-5-7-18-38(34)46-43/h1-25H. The SMILES string of the molecule is c1cc(-c2nc3ccccc3c3c2ccc2c4ccccc4oc23)cc(-c2cc3ccccc3c3c2oc2cc4ccccc4cc23)c1. The zero-order chi connectivity index (χ0) is 31.3. The molecule has 0 saturated carbocycles. The summed E-state index contributed by atoms with van der Waals surface area (Å²) in [6, 6.07) is 53.5. The molecule has 48 heavy (non-hydrogen) atoms. The van der Waals surface area contributed by atoms with E-state index in [2.05, 4.69) is 140 Å². The summed E-state index contributed by atoms with van der Waals surface area (Å²) in [5, 5.41) is 12.5. The second kappa shape index (κ2) is 9.54. The van der Waals surface area contributed by atoms with Crippen LogP contribution in [0, 0.1) is 0 Å². The maximum Gasteiger partial charge on any atom is 0.144 e. The van der Waals surface area contributed by atoms with Crippen LogP contribution in [0.25, 0.3) is 109 Å². The zero-order valence-corrected chi connectivity index (χ0v) is 25.7. The monoisotopic (exact) mass is 611 g/mol. The molecule has 0 unspecified atom stereocenters. The van der Waals surface area contributed by atoms with E-state index in [-0.39, 0.29) is 0 Å². The van der Waals surface area contributed by atoms with Gasteiger partial charge in [0, 0.05) is 48.8 Å². The van der Waals surface area contributed by atoms with Crippen LogP contribution in [0.1, 0.15) is 0 Å². The molecule has 0 bridgehead atoms. The van der Waals surface area contributed by atoms with Crippen LogP contribution < -0.4 is 0 Å². The van der Waals surface area contributed by atoms with Gasteiger partial charge < -0.3 is 8.83 Å². The molecule has 0 saturated heterocycles. The molecular weight excluding hydrogens is 587 g/mol. The highest BCUT2D eigenvalue weighted by atomic mass is 16.3. The van der Waals surface area contributed by atoms with E-state index in [1.54, 1.807) is 0 Å². The second-order valence-corrected chi connectivity index (χ2v) is 12.7. The van der Waals surface area contributed by atoms with Crippen molar-refractivity contribution in [3.05, 3.63) is 152 Å². The Kier molecular flexibility index (Phi) is 5.11. The molecule has 0 spiro atoms. The molecule has 0 aliphatic heterocycles. The minimum atomic E-state index is 0.892. The van der Waals surface area contributed by atoms with Crippen LogP contribution >= 0.6 is 0 Å². The Morgan fingerprint density at radius 2 is 1.04 bits per heavy atom. The van der Waals surface area contributed by atoms with Crippen LogP contribution in [0.2, 0.25) is 0 Å². The second-order valence-electron chi connectivity index (χ2n) is 12.7. The molecule has 0 radical (unpaired) electrons. The Labute approximate surface area is 274 Å². The molecule has 3 heteroatoms. The van der Waals surface area contributed by atoms with Crippen molar-refractivity contribution in [3.63, 3.8) is 0 Å². The third-order valence-electron chi connectivity index (χ3n) is 9.99. The number of nitrogens with zero attached hydrogens (tertiary/aromatic N) is 1. The van der Waals surface area contributed by atoms with Gasteiger partial charge in [-0.05, 0) is 69.6 Å². The van der Waals surface area contributed by atoms with Crippen molar-refractivity contribution in [1.29, 1.82) is 0 Å². The summed E-state index contributed by atoms with van der Waals surface area (Å²) in [6.45, 7) is 0. The van der Waals surface area contributed by atoms with Crippen LogP contribution in [0.4, 0.5) is 0 Å². The Bertz CT molecular complexity index is 3090. The normalized spacial score (nSPS) is 12.2. The van der Waals surface area contributed by atoms with Crippen molar-refractivity contribution in [2.75, 3.05) is 0 Å². The molecule has 11 aromatic rings. The van der Waals surface area contributed by atoms with E-state index >= 15 is 0 Å². The number of para-hydroxylation sites is 2. The van der Waals surface area contributed by atoms with Gasteiger partial charge in [0.25, 0.3) is 0 Å². The van der Waals surface area contributed by atoms with Crippen LogP contribution in [-0.4, -0.2) is 4.98 Å². The van der Waals surface area contributed by atoms with Crippen molar-refractivity contribution < 1.29 is 8.83 Å². The molecule has 0 amide bonds. The maximum absolute atomic E-state index is 6.78. The number of furan rings is 2. The van der Waals surface area contributed by atoms with Gasteiger partial charge in [-0.3, -0.25) is 0 Å². The number of pyridine rings is 1. The zero-order valence-electron chi connectivity index (χ0n) is 25.7. The smallest absolute Gasteiger partial charge is 0.144 e. The Morgan fingerprint density at radius 3 is 1.94 bits per heavy atom. The van der Waals surface area contributed by atoms with E-state index in [0.717, 1.165) is 87.9 Å². The van der Waals surface area contributed by atoms with Gasteiger partial charge in [-0.25, -0.2) is 4.98 Å².